The highest BCUT2D eigenvalue weighted by Gasteiger charge is 2.32. The molecule has 0 saturated carbocycles. The minimum atomic E-state index is -3.20. The molecule has 2 aromatic heterocycles. The van der Waals surface area contributed by atoms with Gasteiger partial charge in [0.15, 0.2) is 15.5 Å². The van der Waals surface area contributed by atoms with Gasteiger partial charge in [-0.3, -0.25) is 4.79 Å². The van der Waals surface area contributed by atoms with Crippen molar-refractivity contribution in [3.05, 3.63) is 65.6 Å². The van der Waals surface area contributed by atoms with Crippen LogP contribution in [0.2, 0.25) is 0 Å². The number of hydrogen-bond donors (Lipinski definition) is 1. The van der Waals surface area contributed by atoms with Crippen LogP contribution in [0.4, 0.5) is 10.1 Å². The van der Waals surface area contributed by atoms with Crippen molar-refractivity contribution >= 4 is 32.5 Å². The molecular weight excluding hydrogens is 499 g/mol. The summed E-state index contributed by atoms with van der Waals surface area (Å²) < 4.78 is 51.3. The fraction of sp³-hybridized carbons (Fsp3) is 0.269. The molecule has 0 spiro atoms. The summed E-state index contributed by atoms with van der Waals surface area (Å²) in [6.45, 7) is 1.73. The largest absolute Gasteiger partial charge is 0.497 e. The van der Waals surface area contributed by atoms with Crippen molar-refractivity contribution < 1.29 is 27.1 Å². The number of halogens is 1. The van der Waals surface area contributed by atoms with Crippen molar-refractivity contribution in [2.24, 2.45) is 0 Å². The lowest BCUT2D eigenvalue weighted by Gasteiger charge is -2.14. The van der Waals surface area contributed by atoms with Crippen LogP contribution in [0.1, 0.15) is 28.5 Å². The van der Waals surface area contributed by atoms with Crippen molar-refractivity contribution in [1.29, 1.82) is 0 Å². The molecule has 192 valence electrons. The monoisotopic (exact) mass is 524 g/mol. The molecule has 3 heterocycles. The van der Waals surface area contributed by atoms with E-state index in [4.69, 9.17) is 9.47 Å². The Hall–Kier alpha value is -3.99. The second kappa shape index (κ2) is 9.47. The quantitative estimate of drug-likeness (QED) is 0.403. The van der Waals surface area contributed by atoms with Crippen LogP contribution in [0.3, 0.4) is 0 Å². The Morgan fingerprint density at radius 1 is 1.14 bits per heavy atom. The maximum Gasteiger partial charge on any atom is 0.256 e. The van der Waals surface area contributed by atoms with E-state index in [9.17, 15) is 17.6 Å². The topological polar surface area (TPSA) is 112 Å². The Morgan fingerprint density at radius 2 is 1.92 bits per heavy atom. The zero-order chi connectivity index (χ0) is 26.3. The minimum absolute atomic E-state index is 0.0513. The van der Waals surface area contributed by atoms with Gasteiger partial charge in [0, 0.05) is 11.6 Å². The molecule has 1 unspecified atom stereocenters. The minimum Gasteiger partial charge on any atom is -0.497 e. The second-order valence-electron chi connectivity index (χ2n) is 8.84. The summed E-state index contributed by atoms with van der Waals surface area (Å²) in [6, 6.07) is 12.2. The van der Waals surface area contributed by atoms with E-state index < -0.39 is 27.6 Å². The number of fused-ring (bicyclic) bond motifs is 1. The molecule has 4 aromatic rings. The maximum absolute atomic E-state index is 14.8. The van der Waals surface area contributed by atoms with Crippen LogP contribution in [0.5, 0.6) is 11.5 Å². The lowest BCUT2D eigenvalue weighted by Crippen LogP contribution is -2.15. The van der Waals surface area contributed by atoms with Gasteiger partial charge in [-0.15, -0.1) is 0 Å². The van der Waals surface area contributed by atoms with Crippen LogP contribution >= 0.6 is 0 Å². The first-order valence-electron chi connectivity index (χ1n) is 11.6. The predicted octanol–water partition coefficient (Wildman–Crippen LogP) is 4.17. The number of benzene rings is 2. The van der Waals surface area contributed by atoms with Gasteiger partial charge >= 0.3 is 0 Å². The van der Waals surface area contributed by atoms with Crippen LogP contribution in [0, 0.1) is 12.7 Å². The fourth-order valence-corrected chi connectivity index (χ4v) is 6.31. The van der Waals surface area contributed by atoms with Crippen LogP contribution < -0.4 is 14.8 Å². The molecule has 2 aromatic carbocycles. The number of rotatable bonds is 6. The molecule has 9 nitrogen and oxygen atoms in total. The Balaban J connectivity index is 1.67. The average molecular weight is 525 g/mol. The van der Waals surface area contributed by atoms with Crippen molar-refractivity contribution in [3.8, 4) is 22.8 Å². The van der Waals surface area contributed by atoms with E-state index in [0.29, 0.717) is 40.3 Å². The van der Waals surface area contributed by atoms with E-state index >= 15 is 0 Å². The number of carbonyl (C=O) groups excluding carboxylic acids is 1. The maximum atomic E-state index is 14.8. The van der Waals surface area contributed by atoms with Crippen LogP contribution in [-0.4, -0.2) is 54.8 Å². The summed E-state index contributed by atoms with van der Waals surface area (Å²) in [5, 5.41) is 7.90. The van der Waals surface area contributed by atoms with Gasteiger partial charge in [-0.2, -0.15) is 5.10 Å². The first kappa shape index (κ1) is 24.7. The standard InChI is InChI=1S/C26H25FN4O5S/c1-15-24-19(26(32)29-21-9-8-17(35-2)12-23(21)36-3)13-22(18-6-4-5-7-20(18)27)28-25(24)31(30-15)16-10-11-37(33,34)14-16/h4-9,12-13,16H,10-11,14H2,1-3H3,(H,29,32). The van der Waals surface area contributed by atoms with E-state index in [1.807, 2.05) is 0 Å². The summed E-state index contributed by atoms with van der Waals surface area (Å²) in [4.78, 5) is 18.3. The predicted molar refractivity (Wildman–Crippen MR) is 137 cm³/mol. The van der Waals surface area contributed by atoms with E-state index in [1.54, 1.807) is 48.0 Å². The third-order valence-corrected chi connectivity index (χ3v) is 8.19. The Bertz CT molecular complexity index is 1630. The smallest absolute Gasteiger partial charge is 0.256 e. The molecule has 1 saturated heterocycles. The van der Waals surface area contributed by atoms with Gasteiger partial charge in [0.05, 0.1) is 59.8 Å². The van der Waals surface area contributed by atoms with E-state index in [0.717, 1.165) is 0 Å². The number of pyridine rings is 1. The van der Waals surface area contributed by atoms with Gasteiger partial charge in [0.25, 0.3) is 5.91 Å². The highest BCUT2D eigenvalue weighted by molar-refractivity contribution is 7.91. The molecule has 5 rings (SSSR count). The van der Waals surface area contributed by atoms with E-state index in [2.05, 4.69) is 15.4 Å². The third kappa shape index (κ3) is 4.62. The van der Waals surface area contributed by atoms with Crippen molar-refractivity contribution in [1.82, 2.24) is 14.8 Å². The normalized spacial score (nSPS) is 16.6. The summed E-state index contributed by atoms with van der Waals surface area (Å²) in [6.07, 6.45) is 0.384. The molecular formula is C26H25FN4O5S. The van der Waals surface area contributed by atoms with Crippen LogP contribution in [0.15, 0.2) is 48.5 Å². The molecule has 37 heavy (non-hydrogen) atoms. The highest BCUT2D eigenvalue weighted by atomic mass is 32.2. The number of ether oxygens (including phenoxy) is 2. The van der Waals surface area contributed by atoms with Gasteiger partial charge in [-0.05, 0) is 43.7 Å². The number of carbonyl (C=O) groups is 1. The van der Waals surface area contributed by atoms with Gasteiger partial charge in [-0.25, -0.2) is 22.5 Å². The number of methoxy groups -OCH3 is 2. The average Bonchev–Trinajstić information content (AvgIpc) is 3.42. The molecule has 1 N–H and O–H groups in total. The van der Waals surface area contributed by atoms with Crippen molar-refractivity contribution in [3.63, 3.8) is 0 Å². The SMILES string of the molecule is COc1ccc(NC(=O)c2cc(-c3ccccc3F)nc3c2c(C)nn3C2CCS(=O)(=O)C2)c(OC)c1. The molecule has 0 aliphatic carbocycles. The molecule has 1 aliphatic heterocycles. The summed E-state index contributed by atoms with van der Waals surface area (Å²) in [5.41, 5.74) is 1.93. The Kier molecular flexibility index (Phi) is 6.32. The van der Waals surface area contributed by atoms with Gasteiger partial charge < -0.3 is 14.8 Å². The number of anilines is 1. The summed E-state index contributed by atoms with van der Waals surface area (Å²) >= 11 is 0. The van der Waals surface area contributed by atoms with Crippen LogP contribution in [0.25, 0.3) is 22.3 Å². The number of nitrogens with zero attached hydrogens (tertiary/aromatic N) is 3. The molecule has 11 heteroatoms. The zero-order valence-electron chi connectivity index (χ0n) is 20.5. The van der Waals surface area contributed by atoms with Crippen LogP contribution in [-0.2, 0) is 9.84 Å². The number of aryl methyl sites for hydroxylation is 1. The van der Waals surface area contributed by atoms with Crippen molar-refractivity contribution in [2.45, 2.75) is 19.4 Å². The Morgan fingerprint density at radius 3 is 2.59 bits per heavy atom. The lowest BCUT2D eigenvalue weighted by molar-refractivity contribution is 0.102. The first-order valence-corrected chi connectivity index (χ1v) is 13.4. The lowest BCUT2D eigenvalue weighted by atomic mass is 10.0. The second-order valence-corrected chi connectivity index (χ2v) is 11.1. The first-order chi connectivity index (χ1) is 17.7. The van der Waals surface area contributed by atoms with Gasteiger partial charge in [0.1, 0.15) is 17.3 Å². The number of nitrogens with one attached hydrogen (secondary N) is 1. The fourth-order valence-electron chi connectivity index (χ4n) is 4.61. The zero-order valence-corrected chi connectivity index (χ0v) is 21.3. The molecule has 1 atom stereocenters. The molecule has 1 amide bonds. The van der Waals surface area contributed by atoms with Crippen molar-refractivity contribution in [2.75, 3.05) is 31.0 Å². The third-order valence-electron chi connectivity index (χ3n) is 6.44. The summed E-state index contributed by atoms with van der Waals surface area (Å²) in [7, 11) is -0.195. The molecule has 0 bridgehead atoms. The number of sulfone groups is 1. The summed E-state index contributed by atoms with van der Waals surface area (Å²) in [5.74, 6) is -0.0313. The molecule has 1 aliphatic rings. The van der Waals surface area contributed by atoms with Gasteiger partial charge in [0.2, 0.25) is 0 Å². The number of aromatic nitrogens is 3. The highest BCUT2D eigenvalue weighted by Crippen LogP contribution is 2.34. The van der Waals surface area contributed by atoms with E-state index in [1.165, 1.54) is 26.4 Å². The number of amides is 1. The molecule has 0 radical (unpaired) electrons. The van der Waals surface area contributed by atoms with Gasteiger partial charge in [-0.1, -0.05) is 12.1 Å². The number of hydrogen-bond acceptors (Lipinski definition) is 7. The van der Waals surface area contributed by atoms with E-state index in [-0.39, 0.29) is 28.3 Å². The Labute approximate surface area is 213 Å². The molecule has 1 fully saturated rings.